The lowest BCUT2D eigenvalue weighted by atomic mass is 10.0. The standard InChI is InChI=1S/C14H12F2O6S2/c15-11-3-5-13(23(17,18)19)9(7-11)1-2-10-8-12(16)4-6-14(10)24(20,21)22/h3-8H,1-2H2,(H,17,18,19)(H,20,21,22). The van der Waals surface area contributed by atoms with Crippen LogP contribution in [-0.4, -0.2) is 25.9 Å². The van der Waals surface area contributed by atoms with Gasteiger partial charge in [0.2, 0.25) is 0 Å². The van der Waals surface area contributed by atoms with Crippen LogP contribution in [0.4, 0.5) is 8.78 Å². The molecule has 0 aliphatic heterocycles. The molecule has 2 rings (SSSR count). The minimum absolute atomic E-state index is 0.108. The third-order valence-electron chi connectivity index (χ3n) is 3.26. The van der Waals surface area contributed by atoms with E-state index in [1.54, 1.807) is 0 Å². The van der Waals surface area contributed by atoms with Gasteiger partial charge in [0.1, 0.15) is 11.6 Å². The highest BCUT2D eigenvalue weighted by Gasteiger charge is 2.19. The van der Waals surface area contributed by atoms with Crippen molar-refractivity contribution in [2.75, 3.05) is 0 Å². The van der Waals surface area contributed by atoms with Gasteiger partial charge in [-0.25, -0.2) is 8.78 Å². The summed E-state index contributed by atoms with van der Waals surface area (Å²) in [4.78, 5) is -1.07. The second-order valence-corrected chi connectivity index (χ2v) is 7.73. The highest BCUT2D eigenvalue weighted by molar-refractivity contribution is 7.86. The summed E-state index contributed by atoms with van der Waals surface area (Å²) in [6.45, 7) is 0. The number of hydrogen-bond acceptors (Lipinski definition) is 4. The van der Waals surface area contributed by atoms with Crippen molar-refractivity contribution < 1.29 is 34.7 Å². The minimum Gasteiger partial charge on any atom is -0.282 e. The second-order valence-electron chi connectivity index (χ2n) is 4.95. The predicted molar refractivity (Wildman–Crippen MR) is 79.8 cm³/mol. The molecular formula is C14H12F2O6S2. The van der Waals surface area contributed by atoms with Crippen molar-refractivity contribution >= 4 is 20.2 Å². The van der Waals surface area contributed by atoms with E-state index in [0.29, 0.717) is 0 Å². The van der Waals surface area contributed by atoms with Crippen LogP contribution in [0.3, 0.4) is 0 Å². The molecule has 2 aromatic rings. The number of benzene rings is 2. The Bertz CT molecular complexity index is 903. The van der Waals surface area contributed by atoms with Gasteiger partial charge < -0.3 is 0 Å². The summed E-state index contributed by atoms with van der Waals surface area (Å²) in [5, 5.41) is 0. The molecule has 0 atom stereocenters. The SMILES string of the molecule is O=S(=O)(O)c1ccc(F)cc1CCc1cc(F)ccc1S(=O)(=O)O. The van der Waals surface area contributed by atoms with E-state index in [2.05, 4.69) is 0 Å². The molecule has 0 saturated carbocycles. The Hall–Kier alpha value is -1.88. The normalized spacial score (nSPS) is 12.3. The van der Waals surface area contributed by atoms with E-state index in [0.717, 1.165) is 36.4 Å². The summed E-state index contributed by atoms with van der Waals surface area (Å²) < 4.78 is 90.1. The van der Waals surface area contributed by atoms with E-state index < -0.39 is 41.7 Å². The van der Waals surface area contributed by atoms with Gasteiger partial charge in [-0.3, -0.25) is 9.11 Å². The Morgan fingerprint density at radius 2 is 1.04 bits per heavy atom. The summed E-state index contributed by atoms with van der Waals surface area (Å²) in [6.07, 6.45) is -0.419. The van der Waals surface area contributed by atoms with Gasteiger partial charge in [0.25, 0.3) is 20.2 Å². The van der Waals surface area contributed by atoms with Crippen molar-refractivity contribution in [2.24, 2.45) is 0 Å². The Balaban J connectivity index is 2.43. The summed E-state index contributed by atoms with van der Waals surface area (Å²) in [7, 11) is -9.22. The molecule has 0 aliphatic carbocycles. The van der Waals surface area contributed by atoms with Gasteiger partial charge >= 0.3 is 0 Å². The highest BCUT2D eigenvalue weighted by atomic mass is 32.2. The zero-order chi connectivity index (χ0) is 18.1. The van der Waals surface area contributed by atoms with Gasteiger partial charge in [-0.2, -0.15) is 16.8 Å². The van der Waals surface area contributed by atoms with Crippen LogP contribution >= 0.6 is 0 Å². The fourth-order valence-corrected chi connectivity index (χ4v) is 3.72. The lowest BCUT2D eigenvalue weighted by Gasteiger charge is -2.10. The lowest BCUT2D eigenvalue weighted by molar-refractivity contribution is 0.478. The first-order valence-electron chi connectivity index (χ1n) is 6.50. The second kappa shape index (κ2) is 6.55. The molecule has 0 spiro atoms. The van der Waals surface area contributed by atoms with E-state index in [4.69, 9.17) is 9.11 Å². The Labute approximate surface area is 137 Å². The van der Waals surface area contributed by atoms with Crippen molar-refractivity contribution in [2.45, 2.75) is 22.6 Å². The van der Waals surface area contributed by atoms with Crippen LogP contribution in [0.1, 0.15) is 11.1 Å². The molecule has 6 nitrogen and oxygen atoms in total. The first-order valence-corrected chi connectivity index (χ1v) is 9.38. The first kappa shape index (κ1) is 18.5. The van der Waals surface area contributed by atoms with Crippen molar-refractivity contribution in [3.8, 4) is 0 Å². The molecule has 0 amide bonds. The van der Waals surface area contributed by atoms with Crippen LogP contribution in [-0.2, 0) is 33.1 Å². The summed E-state index contributed by atoms with van der Waals surface area (Å²) in [5.41, 5.74) is -0.217. The van der Waals surface area contributed by atoms with Crippen LogP contribution in [0.2, 0.25) is 0 Å². The Morgan fingerprint density at radius 1 is 0.708 bits per heavy atom. The van der Waals surface area contributed by atoms with Gasteiger partial charge in [0.15, 0.2) is 0 Å². The first-order chi connectivity index (χ1) is 11.0. The van der Waals surface area contributed by atoms with Crippen LogP contribution in [0.15, 0.2) is 46.2 Å². The maximum atomic E-state index is 13.3. The van der Waals surface area contributed by atoms with Crippen molar-refractivity contribution in [3.05, 3.63) is 59.2 Å². The summed E-state index contributed by atoms with van der Waals surface area (Å²) in [5.74, 6) is -1.52. The molecule has 0 unspecified atom stereocenters. The molecule has 2 aromatic carbocycles. The van der Waals surface area contributed by atoms with Crippen LogP contribution in [0.5, 0.6) is 0 Å². The van der Waals surface area contributed by atoms with Crippen molar-refractivity contribution in [3.63, 3.8) is 0 Å². The molecule has 0 saturated heterocycles. The van der Waals surface area contributed by atoms with Gasteiger partial charge in [0, 0.05) is 0 Å². The van der Waals surface area contributed by atoms with Gasteiger partial charge in [-0.1, -0.05) is 0 Å². The summed E-state index contributed by atoms with van der Waals surface area (Å²) in [6, 6.07) is 5.17. The molecule has 24 heavy (non-hydrogen) atoms. The van der Waals surface area contributed by atoms with Crippen molar-refractivity contribution in [1.82, 2.24) is 0 Å². The molecular weight excluding hydrogens is 366 g/mol. The average Bonchev–Trinajstić information content (AvgIpc) is 2.42. The molecule has 0 fully saturated rings. The minimum atomic E-state index is -4.61. The van der Waals surface area contributed by atoms with Crippen LogP contribution in [0.25, 0.3) is 0 Å². The molecule has 0 bridgehead atoms. The van der Waals surface area contributed by atoms with E-state index >= 15 is 0 Å². The maximum absolute atomic E-state index is 13.3. The third kappa shape index (κ3) is 4.35. The quantitative estimate of drug-likeness (QED) is 0.773. The van der Waals surface area contributed by atoms with Crippen LogP contribution < -0.4 is 0 Å². The molecule has 0 aliphatic rings. The highest BCUT2D eigenvalue weighted by Crippen LogP contribution is 2.22. The van der Waals surface area contributed by atoms with Gasteiger partial charge in [-0.15, -0.1) is 0 Å². The number of halogens is 2. The smallest absolute Gasteiger partial charge is 0.282 e. The maximum Gasteiger partial charge on any atom is 0.294 e. The van der Waals surface area contributed by atoms with E-state index in [-0.39, 0.29) is 24.0 Å². The monoisotopic (exact) mass is 378 g/mol. The van der Waals surface area contributed by atoms with Gasteiger partial charge in [0.05, 0.1) is 9.79 Å². The summed E-state index contributed by atoms with van der Waals surface area (Å²) >= 11 is 0. The zero-order valence-corrected chi connectivity index (χ0v) is 13.6. The fourth-order valence-electron chi connectivity index (χ4n) is 2.26. The predicted octanol–water partition coefficient (Wildman–Crippen LogP) is 2.24. The average molecular weight is 378 g/mol. The molecule has 0 heterocycles. The van der Waals surface area contributed by atoms with Gasteiger partial charge in [-0.05, 0) is 60.4 Å². The largest absolute Gasteiger partial charge is 0.294 e. The molecule has 0 radical (unpaired) electrons. The molecule has 2 N–H and O–H groups in total. The van der Waals surface area contributed by atoms with Crippen molar-refractivity contribution in [1.29, 1.82) is 0 Å². The Kier molecular flexibility index (Phi) is 5.04. The molecule has 130 valence electrons. The van der Waals surface area contributed by atoms with E-state index in [1.807, 2.05) is 0 Å². The third-order valence-corrected chi connectivity index (χ3v) is 5.17. The van der Waals surface area contributed by atoms with Crippen LogP contribution in [0, 0.1) is 11.6 Å². The number of aryl methyl sites for hydroxylation is 2. The zero-order valence-electron chi connectivity index (χ0n) is 12.0. The molecule has 10 heteroatoms. The fraction of sp³-hybridized carbons (Fsp3) is 0.143. The molecule has 0 aromatic heterocycles. The van der Waals surface area contributed by atoms with E-state index in [1.165, 1.54) is 0 Å². The Morgan fingerprint density at radius 3 is 1.33 bits per heavy atom. The topological polar surface area (TPSA) is 109 Å². The van der Waals surface area contributed by atoms with E-state index in [9.17, 15) is 25.6 Å². The number of rotatable bonds is 5. The number of hydrogen-bond donors (Lipinski definition) is 2. The lowest BCUT2D eigenvalue weighted by Crippen LogP contribution is -2.08.